The highest BCUT2D eigenvalue weighted by Crippen LogP contribution is 2.34. The van der Waals surface area contributed by atoms with E-state index >= 15 is 0 Å². The van der Waals surface area contributed by atoms with E-state index in [9.17, 15) is 14.4 Å². The highest BCUT2D eigenvalue weighted by atomic mass is 16.2. The molecule has 1 aliphatic carbocycles. The van der Waals surface area contributed by atoms with E-state index in [1.54, 1.807) is 24.3 Å². The summed E-state index contributed by atoms with van der Waals surface area (Å²) in [6.07, 6.45) is 6.25. The second kappa shape index (κ2) is 6.27. The number of aromatic nitrogens is 1. The Morgan fingerprint density at radius 3 is 2.39 bits per heavy atom. The van der Waals surface area contributed by atoms with Gasteiger partial charge < -0.3 is 4.57 Å². The van der Waals surface area contributed by atoms with Crippen LogP contribution >= 0.6 is 0 Å². The van der Waals surface area contributed by atoms with Crippen molar-refractivity contribution in [3.05, 3.63) is 60.3 Å². The van der Waals surface area contributed by atoms with E-state index in [1.807, 2.05) is 17.0 Å². The van der Waals surface area contributed by atoms with Gasteiger partial charge in [-0.25, -0.2) is 0 Å². The number of allylic oxidation sites excluding steroid dienone is 2. The van der Waals surface area contributed by atoms with E-state index in [-0.39, 0.29) is 17.6 Å². The third-order valence-corrected chi connectivity index (χ3v) is 6.01. The molecule has 1 aromatic heterocycles. The molecule has 5 rings (SSSR count). The van der Waals surface area contributed by atoms with Crippen LogP contribution < -0.4 is 0 Å². The van der Waals surface area contributed by atoms with Gasteiger partial charge in [-0.1, -0.05) is 42.5 Å². The molecule has 0 radical (unpaired) electrons. The van der Waals surface area contributed by atoms with Gasteiger partial charge in [-0.05, 0) is 24.4 Å². The first kappa shape index (κ1) is 17.1. The number of carbonyl (C=O) groups is 3. The zero-order valence-electron chi connectivity index (χ0n) is 15.6. The molecule has 3 heterocycles. The smallest absolute Gasteiger partial charge is 0.238 e. The Morgan fingerprint density at radius 2 is 1.71 bits per heavy atom. The lowest BCUT2D eigenvalue weighted by atomic mass is 9.91. The van der Waals surface area contributed by atoms with Crippen LogP contribution in [0, 0.1) is 11.8 Å². The van der Waals surface area contributed by atoms with Crippen molar-refractivity contribution in [3.63, 3.8) is 0 Å². The highest BCUT2D eigenvalue weighted by molar-refractivity contribution is 6.09. The first-order chi connectivity index (χ1) is 13.6. The fourth-order valence-electron chi connectivity index (χ4n) is 4.74. The Kier molecular flexibility index (Phi) is 3.84. The zero-order chi connectivity index (χ0) is 19.4. The fraction of sp³-hybridized carbons (Fsp3) is 0.318. The van der Waals surface area contributed by atoms with Crippen molar-refractivity contribution in [1.29, 1.82) is 0 Å². The molecule has 6 heteroatoms. The van der Waals surface area contributed by atoms with Crippen LogP contribution in [0.2, 0.25) is 0 Å². The molecule has 1 saturated heterocycles. The number of para-hydroxylation sites is 1. The number of nitrogens with zero attached hydrogens (tertiary/aromatic N) is 3. The Hall–Kier alpha value is -2.99. The normalized spacial score (nSPS) is 25.2. The number of ketones is 1. The van der Waals surface area contributed by atoms with Crippen LogP contribution in [0.15, 0.2) is 54.6 Å². The zero-order valence-corrected chi connectivity index (χ0v) is 15.6. The predicted octanol–water partition coefficient (Wildman–Crippen LogP) is 2.10. The second-order valence-electron chi connectivity index (χ2n) is 7.67. The molecule has 0 saturated carbocycles. The number of benzene rings is 1. The number of fused-ring (bicyclic) bond motifs is 4. The quantitative estimate of drug-likeness (QED) is 0.771. The summed E-state index contributed by atoms with van der Waals surface area (Å²) in [6.45, 7) is 3.31. The lowest BCUT2D eigenvalue weighted by Crippen LogP contribution is -2.56. The number of amides is 2. The summed E-state index contributed by atoms with van der Waals surface area (Å²) in [6, 6.07) is 10.3. The van der Waals surface area contributed by atoms with Gasteiger partial charge in [0.05, 0.1) is 11.8 Å². The third-order valence-electron chi connectivity index (χ3n) is 6.01. The molecule has 1 aromatic carbocycles. The number of rotatable bonds is 3. The predicted molar refractivity (Wildman–Crippen MR) is 104 cm³/mol. The maximum absolute atomic E-state index is 13.0. The molecule has 0 N–H and O–H groups in total. The van der Waals surface area contributed by atoms with E-state index in [2.05, 4.69) is 22.8 Å². The van der Waals surface area contributed by atoms with Crippen molar-refractivity contribution in [2.45, 2.75) is 26.2 Å². The summed E-state index contributed by atoms with van der Waals surface area (Å²) < 4.78 is 2.25. The van der Waals surface area contributed by atoms with E-state index in [0.717, 1.165) is 17.6 Å². The summed E-state index contributed by atoms with van der Waals surface area (Å²) in [7, 11) is 0. The molecular weight excluding hydrogens is 354 g/mol. The number of likely N-dealkylation sites (tertiary alicyclic amines) is 1. The minimum Gasteiger partial charge on any atom is -0.342 e. The van der Waals surface area contributed by atoms with Gasteiger partial charge in [0.15, 0.2) is 11.9 Å². The highest BCUT2D eigenvalue weighted by Gasteiger charge is 2.51. The van der Waals surface area contributed by atoms with Gasteiger partial charge in [-0.2, -0.15) is 0 Å². The second-order valence-corrected chi connectivity index (χ2v) is 7.67. The van der Waals surface area contributed by atoms with Crippen LogP contribution in [0.1, 0.15) is 12.6 Å². The molecular formula is C22H21N3O3. The van der Waals surface area contributed by atoms with Crippen LogP contribution in [0.4, 0.5) is 0 Å². The maximum Gasteiger partial charge on any atom is 0.238 e. The monoisotopic (exact) mass is 375 g/mol. The summed E-state index contributed by atoms with van der Waals surface area (Å²) >= 11 is 0. The molecule has 0 spiro atoms. The third kappa shape index (κ3) is 2.41. The first-order valence-electron chi connectivity index (χ1n) is 9.60. The average molecular weight is 375 g/mol. The van der Waals surface area contributed by atoms with Crippen LogP contribution in [0.3, 0.4) is 0 Å². The summed E-state index contributed by atoms with van der Waals surface area (Å²) in [5.74, 6) is -1.71. The Morgan fingerprint density at radius 1 is 1.04 bits per heavy atom. The van der Waals surface area contributed by atoms with Crippen molar-refractivity contribution < 1.29 is 14.4 Å². The van der Waals surface area contributed by atoms with Gasteiger partial charge in [0.2, 0.25) is 11.8 Å². The molecule has 2 aliphatic heterocycles. The number of hydrogen-bond donors (Lipinski definition) is 0. The topological polar surface area (TPSA) is 62.6 Å². The molecule has 3 aliphatic rings. The lowest BCUT2D eigenvalue weighted by Gasteiger charge is -2.38. The van der Waals surface area contributed by atoms with Gasteiger partial charge in [0, 0.05) is 30.8 Å². The van der Waals surface area contributed by atoms with Gasteiger partial charge in [0.25, 0.3) is 0 Å². The molecule has 1 fully saturated rings. The van der Waals surface area contributed by atoms with E-state index in [1.165, 1.54) is 17.3 Å². The van der Waals surface area contributed by atoms with Crippen LogP contribution in [0.5, 0.6) is 0 Å². The molecule has 2 amide bonds. The van der Waals surface area contributed by atoms with Crippen molar-refractivity contribution in [2.75, 3.05) is 6.54 Å². The largest absolute Gasteiger partial charge is 0.342 e. The summed E-state index contributed by atoms with van der Waals surface area (Å²) in [5.41, 5.74) is 2.26. The summed E-state index contributed by atoms with van der Waals surface area (Å²) in [4.78, 5) is 41.7. The van der Waals surface area contributed by atoms with E-state index in [4.69, 9.17) is 0 Å². The van der Waals surface area contributed by atoms with Crippen molar-refractivity contribution in [2.24, 2.45) is 11.8 Å². The molecule has 3 atom stereocenters. The van der Waals surface area contributed by atoms with Crippen molar-refractivity contribution in [1.82, 2.24) is 14.4 Å². The number of imide groups is 1. The molecule has 6 nitrogen and oxygen atoms in total. The van der Waals surface area contributed by atoms with Crippen molar-refractivity contribution in [3.8, 4) is 0 Å². The molecule has 3 unspecified atom stereocenters. The molecule has 142 valence electrons. The van der Waals surface area contributed by atoms with E-state index < -0.39 is 18.0 Å². The first-order valence-corrected chi connectivity index (χ1v) is 9.60. The average Bonchev–Trinajstić information content (AvgIpc) is 3.19. The van der Waals surface area contributed by atoms with E-state index in [0.29, 0.717) is 13.1 Å². The van der Waals surface area contributed by atoms with Gasteiger partial charge in [0.1, 0.15) is 0 Å². The lowest BCUT2D eigenvalue weighted by molar-refractivity contribution is -0.153. The Labute approximate surface area is 162 Å². The van der Waals surface area contributed by atoms with Crippen LogP contribution in [-0.2, 0) is 27.5 Å². The van der Waals surface area contributed by atoms with Gasteiger partial charge >= 0.3 is 0 Å². The van der Waals surface area contributed by atoms with Crippen LogP contribution in [-0.4, -0.2) is 44.7 Å². The maximum atomic E-state index is 13.0. The SMILES string of the molecule is CC(=O)C(N1CCn2c(cc3ccccc32)C1)N1C(=O)C2C=CC=CC2C1=O. The number of carbonyl (C=O) groups excluding carboxylic acids is 3. The fourth-order valence-corrected chi connectivity index (χ4v) is 4.74. The van der Waals surface area contributed by atoms with Gasteiger partial charge in [-0.15, -0.1) is 0 Å². The molecule has 0 bridgehead atoms. The molecule has 2 aromatic rings. The number of hydrogen-bond acceptors (Lipinski definition) is 4. The Balaban J connectivity index is 1.49. The Bertz CT molecular complexity index is 1030. The minimum absolute atomic E-state index is 0.183. The number of Topliss-reactive ketones (excluding diaryl/α,β-unsaturated/α-hetero) is 1. The standard InChI is InChI=1S/C22H21N3O3/c1-14(26)20(25-21(27)17-7-3-4-8-18(17)22(25)28)23-10-11-24-16(13-23)12-15-6-2-5-9-19(15)24/h2-9,12,17-18,20H,10-11,13H2,1H3. The van der Waals surface area contributed by atoms with Crippen LogP contribution in [0.25, 0.3) is 10.9 Å². The van der Waals surface area contributed by atoms with Crippen molar-refractivity contribution >= 4 is 28.5 Å². The molecule has 28 heavy (non-hydrogen) atoms. The summed E-state index contributed by atoms with van der Waals surface area (Å²) in [5, 5.41) is 1.16. The van der Waals surface area contributed by atoms with Gasteiger partial charge in [-0.3, -0.25) is 24.2 Å². The minimum atomic E-state index is -0.848.